The Morgan fingerprint density at radius 2 is 1.74 bits per heavy atom. The first-order valence-corrected chi connectivity index (χ1v) is 8.79. The molecule has 0 spiro atoms. The molecular weight excluding hydrogens is 414 g/mol. The lowest BCUT2D eigenvalue weighted by Gasteiger charge is -2.08. The summed E-state index contributed by atoms with van der Waals surface area (Å²) in [6.45, 7) is 0.0962. The number of aromatic nitrogens is 2. The molecule has 0 aliphatic rings. The van der Waals surface area contributed by atoms with Gasteiger partial charge in [0.25, 0.3) is 5.69 Å². The number of imidazole rings is 1. The van der Waals surface area contributed by atoms with Crippen molar-refractivity contribution >= 4 is 22.8 Å². The van der Waals surface area contributed by atoms with Crippen molar-refractivity contribution in [1.29, 1.82) is 0 Å². The highest BCUT2D eigenvalue weighted by atomic mass is 16.6. The first-order valence-electron chi connectivity index (χ1n) is 8.79. The number of nitro groups is 3. The maximum atomic E-state index is 12.6. The highest BCUT2D eigenvalue weighted by molar-refractivity contribution is 5.88. The van der Waals surface area contributed by atoms with E-state index >= 15 is 0 Å². The summed E-state index contributed by atoms with van der Waals surface area (Å²) in [5.74, 6) is 0. The van der Waals surface area contributed by atoms with Gasteiger partial charge in [0.1, 0.15) is 12.9 Å². The summed E-state index contributed by atoms with van der Waals surface area (Å²) >= 11 is 0. The van der Waals surface area contributed by atoms with Gasteiger partial charge >= 0.3 is 6.09 Å². The number of ether oxygens (including phenoxy) is 1. The Kier molecular flexibility index (Phi) is 5.85. The molecule has 0 saturated heterocycles. The van der Waals surface area contributed by atoms with Crippen LogP contribution in [0.3, 0.4) is 0 Å². The maximum Gasteiger partial charge on any atom is 0.420 e. The number of rotatable bonds is 7. The van der Waals surface area contributed by atoms with E-state index in [1.807, 2.05) is 0 Å². The summed E-state index contributed by atoms with van der Waals surface area (Å²) in [4.78, 5) is 47.8. The third-order valence-electron chi connectivity index (χ3n) is 4.38. The first kappa shape index (κ1) is 21.3. The van der Waals surface area contributed by atoms with Crippen molar-refractivity contribution in [3.63, 3.8) is 0 Å². The Labute approximate surface area is 173 Å². The van der Waals surface area contributed by atoms with Crippen LogP contribution in [0.4, 0.5) is 10.5 Å². The summed E-state index contributed by atoms with van der Waals surface area (Å²) in [7, 11) is 0. The molecule has 0 atom stereocenters. The lowest BCUT2D eigenvalue weighted by molar-refractivity contribution is -0.498. The van der Waals surface area contributed by atoms with Crippen molar-refractivity contribution in [3.05, 3.63) is 89.3 Å². The van der Waals surface area contributed by atoms with E-state index in [0.29, 0.717) is 0 Å². The first-order chi connectivity index (χ1) is 14.7. The SMILES string of the molecule is Cc1ccc([N+](=O)[O-])c(COC(=O)n2cnc3c(C[N+](=O)[O-])cc(C[N+](=O)[O-])cc32)c1. The van der Waals surface area contributed by atoms with Gasteiger partial charge in [-0.3, -0.25) is 30.3 Å². The van der Waals surface area contributed by atoms with E-state index in [4.69, 9.17) is 4.74 Å². The molecular formula is C18H15N5O8. The molecule has 2 aromatic carbocycles. The fourth-order valence-electron chi connectivity index (χ4n) is 3.12. The molecule has 1 heterocycles. The Morgan fingerprint density at radius 1 is 1.03 bits per heavy atom. The molecule has 0 fully saturated rings. The van der Waals surface area contributed by atoms with Gasteiger partial charge in [0, 0.05) is 21.5 Å². The van der Waals surface area contributed by atoms with Crippen LogP contribution in [0.5, 0.6) is 0 Å². The molecule has 13 heteroatoms. The van der Waals surface area contributed by atoms with Crippen LogP contribution in [0.15, 0.2) is 36.7 Å². The highest BCUT2D eigenvalue weighted by Crippen LogP contribution is 2.24. The number of hydrogen-bond acceptors (Lipinski definition) is 9. The van der Waals surface area contributed by atoms with E-state index in [2.05, 4.69) is 4.98 Å². The summed E-state index contributed by atoms with van der Waals surface area (Å²) in [6, 6.07) is 7.00. The normalized spacial score (nSPS) is 10.7. The Balaban J connectivity index is 1.94. The summed E-state index contributed by atoms with van der Waals surface area (Å²) < 4.78 is 6.13. The number of benzene rings is 2. The van der Waals surface area contributed by atoms with Crippen LogP contribution in [0.25, 0.3) is 11.0 Å². The predicted molar refractivity (Wildman–Crippen MR) is 105 cm³/mol. The molecule has 0 saturated carbocycles. The van der Waals surface area contributed by atoms with Gasteiger partial charge in [0.05, 0.1) is 27.1 Å². The minimum atomic E-state index is -0.941. The minimum absolute atomic E-state index is 0.0972. The highest BCUT2D eigenvalue weighted by Gasteiger charge is 2.20. The predicted octanol–water partition coefficient (Wildman–Crippen LogP) is 2.99. The minimum Gasteiger partial charge on any atom is -0.444 e. The zero-order valence-corrected chi connectivity index (χ0v) is 16.1. The average molecular weight is 429 g/mol. The van der Waals surface area contributed by atoms with Crippen LogP contribution < -0.4 is 0 Å². The molecule has 13 nitrogen and oxygen atoms in total. The van der Waals surface area contributed by atoms with E-state index in [0.717, 1.165) is 16.5 Å². The van der Waals surface area contributed by atoms with Crippen molar-refractivity contribution in [1.82, 2.24) is 9.55 Å². The number of nitrogens with zero attached hydrogens (tertiary/aromatic N) is 5. The van der Waals surface area contributed by atoms with Gasteiger partial charge < -0.3 is 4.74 Å². The van der Waals surface area contributed by atoms with E-state index in [-0.39, 0.29) is 33.4 Å². The second-order valence-corrected chi connectivity index (χ2v) is 6.66. The third kappa shape index (κ3) is 4.77. The van der Waals surface area contributed by atoms with Crippen molar-refractivity contribution < 1.29 is 24.3 Å². The topological polar surface area (TPSA) is 174 Å². The largest absolute Gasteiger partial charge is 0.444 e. The standard InChI is InChI=1S/C18H15N5O8/c1-11-2-3-15(23(29)30)14(4-11)9-31-18(24)20-10-19-17-13(8-22(27)28)5-12(6-16(17)20)7-21(25)26/h2-6,10H,7-9H2,1H3. The molecule has 0 aliphatic carbocycles. The smallest absolute Gasteiger partial charge is 0.420 e. The fraction of sp³-hybridized carbons (Fsp3) is 0.222. The average Bonchev–Trinajstić information content (AvgIpc) is 3.09. The lowest BCUT2D eigenvalue weighted by Crippen LogP contribution is -2.13. The van der Waals surface area contributed by atoms with Gasteiger partial charge in [-0.25, -0.2) is 14.3 Å². The summed E-state index contributed by atoms with van der Waals surface area (Å²) in [6.07, 6.45) is 0.139. The summed E-state index contributed by atoms with van der Waals surface area (Å²) in [5, 5.41) is 33.0. The molecule has 31 heavy (non-hydrogen) atoms. The van der Waals surface area contributed by atoms with Crippen LogP contribution in [0.2, 0.25) is 0 Å². The third-order valence-corrected chi connectivity index (χ3v) is 4.38. The number of carbonyl (C=O) groups is 1. The number of aryl methyl sites for hydroxylation is 1. The van der Waals surface area contributed by atoms with Gasteiger partial charge in [-0.2, -0.15) is 0 Å². The molecule has 0 N–H and O–H groups in total. The second kappa shape index (κ2) is 8.52. The van der Waals surface area contributed by atoms with Crippen LogP contribution in [-0.2, 0) is 24.4 Å². The molecule has 3 rings (SSSR count). The molecule has 0 unspecified atom stereocenters. The Hall–Kier alpha value is -4.42. The molecule has 0 amide bonds. The molecule has 3 aromatic rings. The molecule has 160 valence electrons. The quantitative estimate of drug-likeness (QED) is 0.404. The van der Waals surface area contributed by atoms with E-state index in [1.165, 1.54) is 24.3 Å². The maximum absolute atomic E-state index is 12.6. The van der Waals surface area contributed by atoms with Crippen LogP contribution >= 0.6 is 0 Å². The van der Waals surface area contributed by atoms with Gasteiger partial charge in [-0.1, -0.05) is 11.6 Å². The van der Waals surface area contributed by atoms with Gasteiger partial charge in [-0.05, 0) is 25.1 Å². The van der Waals surface area contributed by atoms with E-state index in [1.54, 1.807) is 13.0 Å². The second-order valence-electron chi connectivity index (χ2n) is 6.66. The van der Waals surface area contributed by atoms with Crippen molar-refractivity contribution in [2.45, 2.75) is 26.6 Å². The van der Waals surface area contributed by atoms with Crippen molar-refractivity contribution in [2.24, 2.45) is 0 Å². The molecule has 0 bridgehead atoms. The van der Waals surface area contributed by atoms with E-state index in [9.17, 15) is 35.1 Å². The summed E-state index contributed by atoms with van der Waals surface area (Å²) in [5.41, 5.74) is 1.19. The van der Waals surface area contributed by atoms with Gasteiger partial charge in [0.2, 0.25) is 13.1 Å². The van der Waals surface area contributed by atoms with Crippen LogP contribution in [0, 0.1) is 37.3 Å². The van der Waals surface area contributed by atoms with Gasteiger partial charge in [0.15, 0.2) is 0 Å². The fourth-order valence-corrected chi connectivity index (χ4v) is 3.12. The molecule has 0 radical (unpaired) electrons. The number of carbonyl (C=O) groups excluding carboxylic acids is 1. The van der Waals surface area contributed by atoms with Crippen molar-refractivity contribution in [3.8, 4) is 0 Å². The van der Waals surface area contributed by atoms with E-state index < -0.39 is 40.6 Å². The lowest BCUT2D eigenvalue weighted by atomic mass is 10.1. The molecule has 0 aliphatic heterocycles. The number of nitro benzene ring substituents is 1. The molecule has 1 aromatic heterocycles. The van der Waals surface area contributed by atoms with Gasteiger partial charge in [-0.15, -0.1) is 0 Å². The van der Waals surface area contributed by atoms with Crippen molar-refractivity contribution in [2.75, 3.05) is 0 Å². The number of fused-ring (bicyclic) bond motifs is 1. The monoisotopic (exact) mass is 429 g/mol. The zero-order chi connectivity index (χ0) is 22.7. The number of hydrogen-bond donors (Lipinski definition) is 0. The zero-order valence-electron chi connectivity index (χ0n) is 16.1. The van der Waals surface area contributed by atoms with Crippen LogP contribution in [0.1, 0.15) is 22.3 Å². The van der Waals surface area contributed by atoms with Crippen LogP contribution in [-0.4, -0.2) is 30.4 Å². The Bertz CT molecular complexity index is 1220. The Morgan fingerprint density at radius 3 is 2.39 bits per heavy atom.